The van der Waals surface area contributed by atoms with E-state index >= 15 is 0 Å². The first-order chi connectivity index (χ1) is 10.3. The molecule has 22 heavy (non-hydrogen) atoms. The SMILES string of the molecule is Cc1ccc(CN[C@H](C)c2ccc(S(=O)(=O)N(C)C)cc2)s1. The molecule has 0 saturated heterocycles. The average molecular weight is 338 g/mol. The zero-order valence-corrected chi connectivity index (χ0v) is 15.0. The Morgan fingerprint density at radius 1 is 1.14 bits per heavy atom. The van der Waals surface area contributed by atoms with Gasteiger partial charge in [0.25, 0.3) is 0 Å². The smallest absolute Gasteiger partial charge is 0.242 e. The number of sulfonamides is 1. The topological polar surface area (TPSA) is 49.4 Å². The van der Waals surface area contributed by atoms with E-state index in [9.17, 15) is 8.42 Å². The summed E-state index contributed by atoms with van der Waals surface area (Å²) in [5, 5.41) is 3.46. The highest BCUT2D eigenvalue weighted by Crippen LogP contribution is 2.20. The van der Waals surface area contributed by atoms with Crippen molar-refractivity contribution in [2.75, 3.05) is 14.1 Å². The van der Waals surface area contributed by atoms with Crippen LogP contribution in [-0.2, 0) is 16.6 Å². The van der Waals surface area contributed by atoms with Crippen molar-refractivity contribution in [3.63, 3.8) is 0 Å². The van der Waals surface area contributed by atoms with E-state index in [1.807, 2.05) is 12.1 Å². The summed E-state index contributed by atoms with van der Waals surface area (Å²) in [5.74, 6) is 0. The molecule has 2 rings (SSSR count). The van der Waals surface area contributed by atoms with Crippen LogP contribution in [0.1, 0.15) is 28.3 Å². The molecule has 0 unspecified atom stereocenters. The van der Waals surface area contributed by atoms with Gasteiger partial charge in [0.2, 0.25) is 10.0 Å². The molecule has 0 aliphatic carbocycles. The Labute approximate surface area is 136 Å². The summed E-state index contributed by atoms with van der Waals surface area (Å²) in [6, 6.07) is 11.5. The number of hydrogen-bond acceptors (Lipinski definition) is 4. The van der Waals surface area contributed by atoms with E-state index in [0.29, 0.717) is 4.90 Å². The molecule has 0 spiro atoms. The maximum Gasteiger partial charge on any atom is 0.242 e. The zero-order valence-electron chi connectivity index (χ0n) is 13.3. The van der Waals surface area contributed by atoms with Crippen molar-refractivity contribution < 1.29 is 8.42 Å². The highest BCUT2D eigenvalue weighted by Gasteiger charge is 2.17. The number of nitrogens with zero attached hydrogens (tertiary/aromatic N) is 1. The van der Waals surface area contributed by atoms with E-state index in [2.05, 4.69) is 31.3 Å². The highest BCUT2D eigenvalue weighted by molar-refractivity contribution is 7.89. The van der Waals surface area contributed by atoms with Gasteiger partial charge in [-0.2, -0.15) is 0 Å². The summed E-state index contributed by atoms with van der Waals surface area (Å²) in [7, 11) is -0.281. The molecule has 1 N–H and O–H groups in total. The standard InChI is InChI=1S/C16H22N2O2S2/c1-12-5-8-15(21-12)11-17-13(2)14-6-9-16(10-7-14)22(19,20)18(3)4/h5-10,13,17H,11H2,1-4H3/t13-/m1/s1. The maximum absolute atomic E-state index is 12.0. The molecule has 6 heteroatoms. The number of benzene rings is 1. The van der Waals surface area contributed by atoms with Gasteiger partial charge in [0.15, 0.2) is 0 Å². The van der Waals surface area contributed by atoms with Crippen LogP contribution in [0.5, 0.6) is 0 Å². The van der Waals surface area contributed by atoms with Gasteiger partial charge in [-0.1, -0.05) is 12.1 Å². The normalized spacial score (nSPS) is 13.5. The van der Waals surface area contributed by atoms with Gasteiger partial charge in [-0.25, -0.2) is 12.7 Å². The van der Waals surface area contributed by atoms with Gasteiger partial charge in [0, 0.05) is 36.4 Å². The molecular weight excluding hydrogens is 316 g/mol. The van der Waals surface area contributed by atoms with Gasteiger partial charge in [-0.15, -0.1) is 11.3 Å². The van der Waals surface area contributed by atoms with E-state index in [1.165, 1.54) is 28.2 Å². The lowest BCUT2D eigenvalue weighted by molar-refractivity contribution is 0.520. The molecule has 0 radical (unpaired) electrons. The molecule has 0 amide bonds. The van der Waals surface area contributed by atoms with Crippen molar-refractivity contribution in [1.29, 1.82) is 0 Å². The molecule has 0 fully saturated rings. The fourth-order valence-electron chi connectivity index (χ4n) is 2.09. The number of rotatable bonds is 6. The monoisotopic (exact) mass is 338 g/mol. The third-order valence-corrected chi connectivity index (χ3v) is 6.37. The molecule has 4 nitrogen and oxygen atoms in total. The van der Waals surface area contributed by atoms with Gasteiger partial charge in [0.1, 0.15) is 0 Å². The quantitative estimate of drug-likeness (QED) is 0.880. The minimum atomic E-state index is -3.36. The summed E-state index contributed by atoms with van der Waals surface area (Å²) in [6.07, 6.45) is 0. The number of thiophene rings is 1. The summed E-state index contributed by atoms with van der Waals surface area (Å²) >= 11 is 1.79. The second kappa shape index (κ2) is 6.91. The number of aryl methyl sites for hydroxylation is 1. The Bertz CT molecular complexity index is 719. The minimum Gasteiger partial charge on any atom is -0.305 e. The van der Waals surface area contributed by atoms with Crippen molar-refractivity contribution in [2.24, 2.45) is 0 Å². The van der Waals surface area contributed by atoms with Crippen LogP contribution in [0, 0.1) is 6.92 Å². The van der Waals surface area contributed by atoms with Crippen LogP contribution in [0.4, 0.5) is 0 Å². The molecule has 120 valence electrons. The lowest BCUT2D eigenvalue weighted by atomic mass is 10.1. The van der Waals surface area contributed by atoms with Crippen LogP contribution >= 0.6 is 11.3 Å². The summed E-state index contributed by atoms with van der Waals surface area (Å²) < 4.78 is 25.3. The molecule has 0 bridgehead atoms. The van der Waals surface area contributed by atoms with Gasteiger partial charge >= 0.3 is 0 Å². The second-order valence-corrected chi connectivity index (χ2v) is 9.00. The molecule has 1 heterocycles. The lowest BCUT2D eigenvalue weighted by Gasteiger charge is -2.15. The van der Waals surface area contributed by atoms with Crippen molar-refractivity contribution in [1.82, 2.24) is 9.62 Å². The Hall–Kier alpha value is -1.21. The van der Waals surface area contributed by atoms with Crippen molar-refractivity contribution >= 4 is 21.4 Å². The molecule has 0 aliphatic heterocycles. The third kappa shape index (κ3) is 3.95. The predicted molar refractivity (Wildman–Crippen MR) is 91.6 cm³/mol. The fraction of sp³-hybridized carbons (Fsp3) is 0.375. The van der Waals surface area contributed by atoms with Gasteiger partial charge in [-0.05, 0) is 43.7 Å². The molecule has 1 aromatic carbocycles. The second-order valence-electron chi connectivity index (χ2n) is 5.47. The van der Waals surface area contributed by atoms with Crippen LogP contribution in [0.2, 0.25) is 0 Å². The predicted octanol–water partition coefficient (Wildman–Crippen LogP) is 3.16. The third-order valence-electron chi connectivity index (χ3n) is 3.54. The Kier molecular flexibility index (Phi) is 5.39. The minimum absolute atomic E-state index is 0.165. The molecule has 1 atom stereocenters. The van der Waals surface area contributed by atoms with E-state index in [4.69, 9.17) is 0 Å². The van der Waals surface area contributed by atoms with Crippen LogP contribution in [-0.4, -0.2) is 26.8 Å². The number of hydrogen-bond donors (Lipinski definition) is 1. The largest absolute Gasteiger partial charge is 0.305 e. The first kappa shape index (κ1) is 17.1. The van der Waals surface area contributed by atoms with Crippen LogP contribution < -0.4 is 5.32 Å². The Morgan fingerprint density at radius 2 is 1.77 bits per heavy atom. The highest BCUT2D eigenvalue weighted by atomic mass is 32.2. The van der Waals surface area contributed by atoms with E-state index in [1.54, 1.807) is 23.5 Å². The fourth-order valence-corrected chi connectivity index (χ4v) is 3.83. The van der Waals surface area contributed by atoms with E-state index in [0.717, 1.165) is 12.1 Å². The molecule has 1 aromatic heterocycles. The van der Waals surface area contributed by atoms with Crippen LogP contribution in [0.15, 0.2) is 41.3 Å². The van der Waals surface area contributed by atoms with Crippen LogP contribution in [0.25, 0.3) is 0 Å². The zero-order chi connectivity index (χ0) is 16.3. The molecule has 0 aliphatic rings. The molecule has 0 saturated carbocycles. The van der Waals surface area contributed by atoms with E-state index < -0.39 is 10.0 Å². The van der Waals surface area contributed by atoms with Crippen molar-refractivity contribution in [3.05, 3.63) is 51.7 Å². The summed E-state index contributed by atoms with van der Waals surface area (Å²) in [6.45, 7) is 4.99. The van der Waals surface area contributed by atoms with Gasteiger partial charge in [0.05, 0.1) is 4.90 Å². The van der Waals surface area contributed by atoms with E-state index in [-0.39, 0.29) is 6.04 Å². The molecular formula is C16H22N2O2S2. The van der Waals surface area contributed by atoms with Crippen molar-refractivity contribution in [2.45, 2.75) is 31.3 Å². The van der Waals surface area contributed by atoms with Gasteiger partial charge < -0.3 is 5.32 Å². The molecule has 2 aromatic rings. The first-order valence-electron chi connectivity index (χ1n) is 7.12. The first-order valence-corrected chi connectivity index (χ1v) is 9.37. The number of nitrogens with one attached hydrogen (secondary N) is 1. The summed E-state index contributed by atoms with van der Waals surface area (Å²) in [5.41, 5.74) is 1.07. The average Bonchev–Trinajstić information content (AvgIpc) is 2.90. The van der Waals surface area contributed by atoms with Gasteiger partial charge in [-0.3, -0.25) is 0 Å². The Morgan fingerprint density at radius 3 is 2.27 bits per heavy atom. The summed E-state index contributed by atoms with van der Waals surface area (Å²) in [4.78, 5) is 2.93. The van der Waals surface area contributed by atoms with Crippen LogP contribution in [0.3, 0.4) is 0 Å². The lowest BCUT2D eigenvalue weighted by Crippen LogP contribution is -2.22. The maximum atomic E-state index is 12.0. The van der Waals surface area contributed by atoms with Crippen molar-refractivity contribution in [3.8, 4) is 0 Å². The Balaban J connectivity index is 2.03.